The number of ether oxygens (including phenoxy) is 1. The van der Waals surface area contributed by atoms with Gasteiger partial charge in [0.2, 0.25) is 0 Å². The van der Waals surface area contributed by atoms with Crippen LogP contribution < -0.4 is 5.73 Å². The minimum absolute atomic E-state index is 0.0249. The third-order valence-electron chi connectivity index (χ3n) is 3.13. The van der Waals surface area contributed by atoms with Gasteiger partial charge in [0.15, 0.2) is 15.8 Å². The summed E-state index contributed by atoms with van der Waals surface area (Å²) in [6, 6.07) is 0. The number of morpholine rings is 1. The van der Waals surface area contributed by atoms with E-state index in [0.717, 1.165) is 0 Å². The van der Waals surface area contributed by atoms with Crippen LogP contribution in [0.4, 0.5) is 0 Å². The molecule has 1 fully saturated rings. The number of hydrogen-bond donors (Lipinski definition) is 1. The molecule has 0 saturated carbocycles. The molecule has 1 rings (SSSR count). The Morgan fingerprint density at radius 2 is 2.11 bits per heavy atom. The zero-order chi connectivity index (χ0) is 14.7. The maximum Gasteiger partial charge on any atom is 0.191 e. The number of nitrogens with two attached hydrogens (primary N) is 1. The van der Waals surface area contributed by atoms with Crippen LogP contribution in [-0.4, -0.2) is 62.1 Å². The highest BCUT2D eigenvalue weighted by Crippen LogP contribution is 2.15. The summed E-state index contributed by atoms with van der Waals surface area (Å²) in [4.78, 5) is 6.10. The molecule has 0 aromatic heterocycles. The van der Waals surface area contributed by atoms with Crippen molar-refractivity contribution in [3.05, 3.63) is 0 Å². The topological polar surface area (TPSA) is 85.0 Å². The normalized spacial score (nSPS) is 22.6. The SMILES string of the molecule is CC1CN(C(N)=NCCS(=O)(=O)C(C)(C)C)CCO1. The van der Waals surface area contributed by atoms with E-state index in [1.54, 1.807) is 20.8 Å². The summed E-state index contributed by atoms with van der Waals surface area (Å²) >= 11 is 0. The minimum Gasteiger partial charge on any atom is -0.375 e. The highest BCUT2D eigenvalue weighted by atomic mass is 32.2. The second kappa shape index (κ2) is 6.09. The van der Waals surface area contributed by atoms with E-state index in [-0.39, 0.29) is 18.4 Å². The molecule has 1 saturated heterocycles. The van der Waals surface area contributed by atoms with Crippen LogP contribution in [0.25, 0.3) is 0 Å². The highest BCUT2D eigenvalue weighted by molar-refractivity contribution is 7.92. The van der Waals surface area contributed by atoms with Gasteiger partial charge < -0.3 is 15.4 Å². The molecule has 1 heterocycles. The number of hydrogen-bond acceptors (Lipinski definition) is 4. The van der Waals surface area contributed by atoms with Crippen molar-refractivity contribution in [1.82, 2.24) is 4.90 Å². The second-order valence-corrected chi connectivity index (χ2v) is 8.66. The van der Waals surface area contributed by atoms with Crippen LogP contribution >= 0.6 is 0 Å². The van der Waals surface area contributed by atoms with Crippen molar-refractivity contribution < 1.29 is 13.2 Å². The number of aliphatic imine (C=N–C) groups is 1. The van der Waals surface area contributed by atoms with E-state index in [1.165, 1.54) is 0 Å². The fourth-order valence-electron chi connectivity index (χ4n) is 1.71. The van der Waals surface area contributed by atoms with Gasteiger partial charge in [-0.05, 0) is 27.7 Å². The summed E-state index contributed by atoms with van der Waals surface area (Å²) in [7, 11) is -3.14. The van der Waals surface area contributed by atoms with Gasteiger partial charge in [-0.3, -0.25) is 4.99 Å². The average Bonchev–Trinajstić information content (AvgIpc) is 2.27. The predicted molar refractivity (Wildman–Crippen MR) is 77.0 cm³/mol. The van der Waals surface area contributed by atoms with Crippen molar-refractivity contribution in [3.63, 3.8) is 0 Å². The maximum atomic E-state index is 11.9. The highest BCUT2D eigenvalue weighted by Gasteiger charge is 2.28. The molecule has 1 atom stereocenters. The van der Waals surface area contributed by atoms with Crippen LogP contribution in [0.1, 0.15) is 27.7 Å². The molecule has 0 aliphatic carbocycles. The summed E-state index contributed by atoms with van der Waals surface area (Å²) in [6.07, 6.45) is 0.126. The largest absolute Gasteiger partial charge is 0.375 e. The van der Waals surface area contributed by atoms with Gasteiger partial charge >= 0.3 is 0 Å². The minimum atomic E-state index is -3.14. The van der Waals surface area contributed by atoms with Gasteiger partial charge in [0.1, 0.15) is 0 Å². The van der Waals surface area contributed by atoms with E-state index in [2.05, 4.69) is 4.99 Å². The Kier molecular flexibility index (Phi) is 5.20. The first-order valence-corrected chi connectivity index (χ1v) is 8.17. The second-order valence-electron chi connectivity index (χ2n) is 5.80. The molecule has 19 heavy (non-hydrogen) atoms. The van der Waals surface area contributed by atoms with Crippen molar-refractivity contribution in [1.29, 1.82) is 0 Å². The van der Waals surface area contributed by atoms with Crippen LogP contribution in [-0.2, 0) is 14.6 Å². The average molecular weight is 291 g/mol. The fraction of sp³-hybridized carbons (Fsp3) is 0.917. The van der Waals surface area contributed by atoms with Crippen molar-refractivity contribution in [3.8, 4) is 0 Å². The summed E-state index contributed by atoms with van der Waals surface area (Å²) in [6.45, 7) is 9.28. The van der Waals surface area contributed by atoms with Gasteiger partial charge in [-0.25, -0.2) is 8.42 Å². The zero-order valence-corrected chi connectivity index (χ0v) is 13.0. The fourth-order valence-corrected chi connectivity index (χ4v) is 2.66. The Hall–Kier alpha value is -0.820. The zero-order valence-electron chi connectivity index (χ0n) is 12.2. The molecule has 0 amide bonds. The molecule has 6 nitrogen and oxygen atoms in total. The van der Waals surface area contributed by atoms with Crippen molar-refractivity contribution in [2.45, 2.75) is 38.5 Å². The van der Waals surface area contributed by atoms with Crippen molar-refractivity contribution >= 4 is 15.8 Å². The number of nitrogens with zero attached hydrogens (tertiary/aromatic N) is 2. The number of guanidine groups is 1. The molecule has 1 unspecified atom stereocenters. The Labute approximate surface area is 115 Å². The molecule has 0 radical (unpaired) electrons. The smallest absolute Gasteiger partial charge is 0.191 e. The van der Waals surface area contributed by atoms with Crippen LogP contribution in [0, 0.1) is 0 Å². The quantitative estimate of drug-likeness (QED) is 0.594. The lowest BCUT2D eigenvalue weighted by molar-refractivity contribution is 0.00531. The summed E-state index contributed by atoms with van der Waals surface area (Å²) in [5.74, 6) is 0.427. The molecule has 0 bridgehead atoms. The molecule has 0 aromatic rings. The molecule has 2 N–H and O–H groups in total. The van der Waals surface area contributed by atoms with Crippen molar-refractivity contribution in [2.24, 2.45) is 10.7 Å². The van der Waals surface area contributed by atoms with Crippen molar-refractivity contribution in [2.75, 3.05) is 32.0 Å². The van der Waals surface area contributed by atoms with Gasteiger partial charge in [-0.15, -0.1) is 0 Å². The monoisotopic (exact) mass is 291 g/mol. The predicted octanol–water partition coefficient (Wildman–Crippen LogP) is 0.235. The van der Waals surface area contributed by atoms with E-state index >= 15 is 0 Å². The van der Waals surface area contributed by atoms with E-state index in [1.807, 2.05) is 11.8 Å². The Bertz CT molecular complexity index is 426. The first kappa shape index (κ1) is 16.2. The van der Waals surface area contributed by atoms with Gasteiger partial charge in [-0.1, -0.05) is 0 Å². The summed E-state index contributed by atoms with van der Waals surface area (Å²) in [5, 5.41) is 0. The van der Waals surface area contributed by atoms with Crippen LogP contribution in [0.3, 0.4) is 0 Å². The maximum absolute atomic E-state index is 11.9. The lowest BCUT2D eigenvalue weighted by Gasteiger charge is -2.31. The molecular formula is C12H25N3O3S. The lowest BCUT2D eigenvalue weighted by Crippen LogP contribution is -2.48. The molecule has 1 aliphatic rings. The van der Waals surface area contributed by atoms with E-state index in [9.17, 15) is 8.42 Å². The molecular weight excluding hydrogens is 266 g/mol. The summed E-state index contributed by atoms with van der Waals surface area (Å²) < 4.78 is 28.5. The van der Waals surface area contributed by atoms with E-state index in [0.29, 0.717) is 25.7 Å². The Balaban J connectivity index is 2.53. The molecule has 7 heteroatoms. The molecule has 1 aliphatic heterocycles. The van der Waals surface area contributed by atoms with E-state index < -0.39 is 14.6 Å². The van der Waals surface area contributed by atoms with Crippen LogP contribution in [0.5, 0.6) is 0 Å². The van der Waals surface area contributed by atoms with Gasteiger partial charge in [-0.2, -0.15) is 0 Å². The Morgan fingerprint density at radius 1 is 1.47 bits per heavy atom. The van der Waals surface area contributed by atoms with Gasteiger partial charge in [0.25, 0.3) is 0 Å². The van der Waals surface area contributed by atoms with Gasteiger partial charge in [0, 0.05) is 13.1 Å². The van der Waals surface area contributed by atoms with Crippen LogP contribution in [0.2, 0.25) is 0 Å². The first-order chi connectivity index (χ1) is 8.63. The summed E-state index contributed by atoms with van der Waals surface area (Å²) in [5.41, 5.74) is 5.87. The van der Waals surface area contributed by atoms with Crippen LogP contribution in [0.15, 0.2) is 4.99 Å². The molecule has 112 valence electrons. The first-order valence-electron chi connectivity index (χ1n) is 6.52. The standard InChI is InChI=1S/C12H25N3O3S/c1-10-9-15(6-7-18-10)11(13)14-5-8-19(16,17)12(2,3)4/h10H,5-9H2,1-4H3,(H2,13,14). The third kappa shape index (κ3) is 4.65. The number of rotatable bonds is 3. The van der Waals surface area contributed by atoms with E-state index in [4.69, 9.17) is 10.5 Å². The number of sulfone groups is 1. The lowest BCUT2D eigenvalue weighted by atomic mass is 10.3. The molecule has 0 spiro atoms. The molecule has 0 aromatic carbocycles. The van der Waals surface area contributed by atoms with Gasteiger partial charge in [0.05, 0.1) is 29.8 Å². The Morgan fingerprint density at radius 3 is 2.63 bits per heavy atom. The third-order valence-corrected chi connectivity index (χ3v) is 5.72.